The topological polar surface area (TPSA) is 80.3 Å². The summed E-state index contributed by atoms with van der Waals surface area (Å²) < 4.78 is 31.8. The summed E-state index contributed by atoms with van der Waals surface area (Å²) in [4.78, 5) is 3.97. The van der Waals surface area contributed by atoms with Crippen LogP contribution in [0.25, 0.3) is 0 Å². The van der Waals surface area contributed by atoms with Gasteiger partial charge in [0.15, 0.2) is 0 Å². The zero-order valence-corrected chi connectivity index (χ0v) is 10.3. The van der Waals surface area contributed by atoms with E-state index in [9.17, 15) is 8.42 Å². The minimum absolute atomic E-state index is 0.138. The van der Waals surface area contributed by atoms with Crippen LogP contribution in [0.2, 0.25) is 0 Å². The molecule has 1 aromatic heterocycles. The number of aromatic nitrogens is 1. The van der Waals surface area contributed by atoms with Gasteiger partial charge in [-0.25, -0.2) is 13.1 Å². The fraction of sp³-hybridized carbons (Fsp3) is 0.500. The molecular formula is C10H15N3O3S. The first-order valence-electron chi connectivity index (χ1n) is 5.29. The van der Waals surface area contributed by atoms with Crippen molar-refractivity contribution in [2.24, 2.45) is 0 Å². The molecular weight excluding hydrogens is 242 g/mol. The lowest BCUT2D eigenvalue weighted by atomic mass is 10.2. The van der Waals surface area contributed by atoms with Crippen LogP contribution in [0.4, 0.5) is 0 Å². The van der Waals surface area contributed by atoms with E-state index in [-0.39, 0.29) is 17.0 Å². The second-order valence-electron chi connectivity index (χ2n) is 3.85. The molecule has 1 fully saturated rings. The molecule has 2 heterocycles. The predicted octanol–water partition coefficient (Wildman–Crippen LogP) is -0.653. The molecule has 1 aliphatic rings. The van der Waals surface area contributed by atoms with Crippen LogP contribution in [-0.2, 0) is 14.8 Å². The Hall–Kier alpha value is -1.02. The molecule has 2 atom stereocenters. The molecule has 2 N–H and O–H groups in total. The second-order valence-corrected chi connectivity index (χ2v) is 5.56. The van der Waals surface area contributed by atoms with E-state index in [1.165, 1.54) is 18.5 Å². The highest BCUT2D eigenvalue weighted by atomic mass is 32.2. The fourth-order valence-corrected chi connectivity index (χ4v) is 3.02. The van der Waals surface area contributed by atoms with Crippen molar-refractivity contribution < 1.29 is 13.2 Å². The summed E-state index contributed by atoms with van der Waals surface area (Å²) in [6.45, 7) is 1.22. The van der Waals surface area contributed by atoms with Gasteiger partial charge in [-0.2, -0.15) is 0 Å². The first-order chi connectivity index (χ1) is 8.13. The summed E-state index contributed by atoms with van der Waals surface area (Å²) in [6, 6.07) is 2.86. The van der Waals surface area contributed by atoms with E-state index in [1.807, 2.05) is 0 Å². The van der Waals surface area contributed by atoms with Gasteiger partial charge in [-0.05, 0) is 12.1 Å². The van der Waals surface area contributed by atoms with Gasteiger partial charge in [0.25, 0.3) is 0 Å². The number of hydrogen-bond donors (Lipinski definition) is 2. The third-order valence-electron chi connectivity index (χ3n) is 2.71. The van der Waals surface area contributed by atoms with Crippen molar-refractivity contribution in [2.45, 2.75) is 17.0 Å². The Balaban J connectivity index is 2.13. The van der Waals surface area contributed by atoms with E-state index in [0.29, 0.717) is 13.1 Å². The highest BCUT2D eigenvalue weighted by Gasteiger charge is 2.31. The molecule has 2 rings (SSSR count). The molecule has 0 amide bonds. The van der Waals surface area contributed by atoms with Crippen molar-refractivity contribution in [1.82, 2.24) is 15.0 Å². The number of rotatable bonds is 4. The monoisotopic (exact) mass is 257 g/mol. The van der Waals surface area contributed by atoms with Gasteiger partial charge in [-0.1, -0.05) is 0 Å². The molecule has 0 saturated carbocycles. The average Bonchev–Trinajstić information content (AvgIpc) is 2.77. The summed E-state index contributed by atoms with van der Waals surface area (Å²) in [7, 11) is -1.95. The molecule has 0 aliphatic carbocycles. The normalized spacial score (nSPS) is 25.0. The maximum atomic E-state index is 12.0. The van der Waals surface area contributed by atoms with Crippen LogP contribution in [-0.4, -0.2) is 45.7 Å². The lowest BCUT2D eigenvalue weighted by Crippen LogP contribution is -2.43. The smallest absolute Gasteiger partial charge is 0.242 e. The number of nitrogens with one attached hydrogen (secondary N) is 2. The van der Waals surface area contributed by atoms with Gasteiger partial charge in [0.1, 0.15) is 4.90 Å². The molecule has 1 saturated heterocycles. The Kier molecular flexibility index (Phi) is 3.72. The van der Waals surface area contributed by atoms with Crippen molar-refractivity contribution in [3.8, 4) is 0 Å². The zero-order chi connectivity index (χ0) is 12.3. The molecule has 1 aromatic rings. The number of sulfonamides is 1. The van der Waals surface area contributed by atoms with E-state index >= 15 is 0 Å². The van der Waals surface area contributed by atoms with Crippen molar-refractivity contribution in [3.63, 3.8) is 0 Å². The Bertz CT molecular complexity index is 463. The van der Waals surface area contributed by atoms with Crippen LogP contribution in [0.5, 0.6) is 0 Å². The summed E-state index contributed by atoms with van der Waals surface area (Å²) in [5.41, 5.74) is 0. The maximum Gasteiger partial charge on any atom is 0.242 e. The molecule has 0 spiro atoms. The predicted molar refractivity (Wildman–Crippen MR) is 62.0 cm³/mol. The number of hydrogen-bond acceptors (Lipinski definition) is 5. The summed E-state index contributed by atoms with van der Waals surface area (Å²) in [6.07, 6.45) is 2.72. The van der Waals surface area contributed by atoms with Crippen molar-refractivity contribution in [3.05, 3.63) is 24.5 Å². The second kappa shape index (κ2) is 5.09. The van der Waals surface area contributed by atoms with Gasteiger partial charge in [0, 0.05) is 32.6 Å². The van der Waals surface area contributed by atoms with E-state index in [1.54, 1.807) is 13.2 Å². The SMILES string of the molecule is CO[C@H]1CNCC1NS(=O)(=O)c1cccnc1. The quantitative estimate of drug-likeness (QED) is 0.749. The number of nitrogens with zero attached hydrogens (tertiary/aromatic N) is 1. The Morgan fingerprint density at radius 1 is 1.53 bits per heavy atom. The Labute approximate surface area is 100 Å². The molecule has 0 radical (unpaired) electrons. The summed E-state index contributed by atoms with van der Waals surface area (Å²) in [5, 5.41) is 3.08. The van der Waals surface area contributed by atoms with Crippen LogP contribution < -0.4 is 10.0 Å². The maximum absolute atomic E-state index is 12.0. The van der Waals surface area contributed by atoms with Gasteiger partial charge in [-0.3, -0.25) is 4.98 Å². The van der Waals surface area contributed by atoms with Gasteiger partial charge in [0.2, 0.25) is 10.0 Å². The molecule has 0 aromatic carbocycles. The lowest BCUT2D eigenvalue weighted by Gasteiger charge is -2.18. The fourth-order valence-electron chi connectivity index (χ4n) is 1.79. The number of ether oxygens (including phenoxy) is 1. The summed E-state index contributed by atoms with van der Waals surface area (Å²) in [5.74, 6) is 0. The minimum atomic E-state index is -3.52. The third-order valence-corrected chi connectivity index (χ3v) is 4.19. The molecule has 94 valence electrons. The largest absolute Gasteiger partial charge is 0.378 e. The van der Waals surface area contributed by atoms with Gasteiger partial charge < -0.3 is 10.1 Å². The molecule has 0 bridgehead atoms. The highest BCUT2D eigenvalue weighted by molar-refractivity contribution is 7.89. The van der Waals surface area contributed by atoms with Crippen LogP contribution in [0.3, 0.4) is 0 Å². The average molecular weight is 257 g/mol. The molecule has 1 aliphatic heterocycles. The minimum Gasteiger partial charge on any atom is -0.378 e. The van der Waals surface area contributed by atoms with E-state index in [0.717, 1.165) is 0 Å². The van der Waals surface area contributed by atoms with E-state index in [4.69, 9.17) is 4.74 Å². The van der Waals surface area contributed by atoms with E-state index < -0.39 is 10.0 Å². The molecule has 1 unspecified atom stereocenters. The molecule has 17 heavy (non-hydrogen) atoms. The first-order valence-corrected chi connectivity index (χ1v) is 6.77. The third kappa shape index (κ3) is 2.81. The molecule has 6 nitrogen and oxygen atoms in total. The first kappa shape index (κ1) is 12.4. The molecule has 7 heteroatoms. The number of pyridine rings is 1. The Morgan fingerprint density at radius 2 is 2.35 bits per heavy atom. The zero-order valence-electron chi connectivity index (χ0n) is 9.46. The van der Waals surface area contributed by atoms with Crippen LogP contribution in [0.1, 0.15) is 0 Å². The summed E-state index contributed by atoms with van der Waals surface area (Å²) >= 11 is 0. The number of methoxy groups -OCH3 is 1. The van der Waals surface area contributed by atoms with Crippen molar-refractivity contribution in [1.29, 1.82) is 0 Å². The van der Waals surface area contributed by atoms with E-state index in [2.05, 4.69) is 15.0 Å². The van der Waals surface area contributed by atoms with Crippen LogP contribution in [0, 0.1) is 0 Å². The van der Waals surface area contributed by atoms with Crippen molar-refractivity contribution in [2.75, 3.05) is 20.2 Å². The standard InChI is InChI=1S/C10H15N3O3S/c1-16-10-7-12-6-9(10)13-17(14,15)8-3-2-4-11-5-8/h2-5,9-10,12-13H,6-7H2,1H3/t9?,10-/m0/s1. The van der Waals surface area contributed by atoms with Crippen LogP contribution in [0.15, 0.2) is 29.4 Å². The van der Waals surface area contributed by atoms with Crippen molar-refractivity contribution >= 4 is 10.0 Å². The lowest BCUT2D eigenvalue weighted by molar-refractivity contribution is 0.103. The van der Waals surface area contributed by atoms with Gasteiger partial charge in [0.05, 0.1) is 12.1 Å². The Morgan fingerprint density at radius 3 is 3.00 bits per heavy atom. The highest BCUT2D eigenvalue weighted by Crippen LogP contribution is 2.10. The van der Waals surface area contributed by atoms with Crippen LogP contribution >= 0.6 is 0 Å². The van der Waals surface area contributed by atoms with Gasteiger partial charge in [-0.15, -0.1) is 0 Å². The van der Waals surface area contributed by atoms with Gasteiger partial charge >= 0.3 is 0 Å².